The lowest BCUT2D eigenvalue weighted by atomic mass is 9.97. The van der Waals surface area contributed by atoms with E-state index in [1.54, 1.807) is 6.20 Å². The van der Waals surface area contributed by atoms with Crippen LogP contribution in [0.1, 0.15) is 58.1 Å². The molecule has 0 radical (unpaired) electrons. The number of hydrogen-bond donors (Lipinski definition) is 2. The maximum absolute atomic E-state index is 11.8. The summed E-state index contributed by atoms with van der Waals surface area (Å²) in [5, 5.41) is 14.9. The number of unbranched alkanes of at least 4 members (excludes halogenated alkanes) is 1. The first-order chi connectivity index (χ1) is 15.9. The van der Waals surface area contributed by atoms with Crippen molar-refractivity contribution < 1.29 is 9.53 Å². The molecule has 0 amide bonds. The van der Waals surface area contributed by atoms with Gasteiger partial charge in [0, 0.05) is 36.6 Å². The number of aliphatic imine (C=N–C) groups is 1. The predicted molar refractivity (Wildman–Crippen MR) is 132 cm³/mol. The Balaban J connectivity index is 2.23. The number of nitriles is 1. The zero-order valence-electron chi connectivity index (χ0n) is 19.8. The summed E-state index contributed by atoms with van der Waals surface area (Å²) in [4.78, 5) is 20.5. The molecule has 1 aromatic heterocycles. The molecule has 0 atom stereocenters. The number of nitrogens with one attached hydrogen (secondary N) is 2. The molecule has 0 unspecified atom stereocenters. The molecule has 0 spiro atoms. The van der Waals surface area contributed by atoms with E-state index in [9.17, 15) is 4.79 Å². The summed E-state index contributed by atoms with van der Waals surface area (Å²) in [7, 11) is 0. The molecule has 174 valence electrons. The fraction of sp³-hybridized carbons (Fsp3) is 0.385. The highest BCUT2D eigenvalue weighted by atomic mass is 16.5. The van der Waals surface area contributed by atoms with E-state index < -0.39 is 0 Å². The number of benzene rings is 1. The van der Waals surface area contributed by atoms with E-state index in [-0.39, 0.29) is 12.1 Å². The topological polar surface area (TPSA) is 99.4 Å². The second-order valence-electron chi connectivity index (χ2n) is 8.32. The largest absolute Gasteiger partial charge is 0.463 e. The number of aromatic nitrogens is 1. The maximum Gasteiger partial charge on any atom is 0.306 e. The molecular weight excluding hydrogens is 414 g/mol. The van der Waals surface area contributed by atoms with Gasteiger partial charge in [-0.1, -0.05) is 38.1 Å². The maximum atomic E-state index is 11.8. The Morgan fingerprint density at radius 2 is 2.00 bits per heavy atom. The average molecular weight is 448 g/mol. The molecule has 0 aliphatic heterocycles. The summed E-state index contributed by atoms with van der Waals surface area (Å²) in [5.41, 5.74) is 3.83. The molecule has 0 aliphatic rings. The minimum atomic E-state index is -0.175. The minimum Gasteiger partial charge on any atom is -0.463 e. The molecule has 2 N–H and O–H groups in total. The smallest absolute Gasteiger partial charge is 0.306 e. The number of allylic oxidation sites excluding steroid dienone is 1. The molecule has 2 aromatic rings. The standard InChI is InChI=1S/C26H33N5O2/c1-19(2)16-29-26(30-18-27)31-23-11-7-9-21(15-23)24(22-10-8-14-28-17-22)12-5-6-13-25(32)33-20(3)4/h7-12,14-15,17,19-20H,5-6,13,16H2,1-4H3,(H2,29,30,31)/b24-12+. The molecule has 1 heterocycles. The van der Waals surface area contributed by atoms with Crippen molar-refractivity contribution in [2.75, 3.05) is 11.9 Å². The molecular formula is C26H33N5O2. The molecule has 0 saturated carbocycles. The lowest BCUT2D eigenvalue weighted by Crippen LogP contribution is -2.27. The molecule has 0 aliphatic carbocycles. The van der Waals surface area contributed by atoms with E-state index in [0.29, 0.717) is 31.3 Å². The van der Waals surface area contributed by atoms with Crippen LogP contribution in [0.25, 0.3) is 5.57 Å². The third kappa shape index (κ3) is 9.56. The van der Waals surface area contributed by atoms with Crippen LogP contribution < -0.4 is 10.6 Å². The quantitative estimate of drug-likeness (QED) is 0.131. The van der Waals surface area contributed by atoms with E-state index in [4.69, 9.17) is 10.00 Å². The summed E-state index contributed by atoms with van der Waals surface area (Å²) < 4.78 is 5.22. The second-order valence-corrected chi connectivity index (χ2v) is 8.32. The van der Waals surface area contributed by atoms with E-state index >= 15 is 0 Å². The highest BCUT2D eigenvalue weighted by Gasteiger charge is 2.09. The minimum absolute atomic E-state index is 0.0984. The Bertz CT molecular complexity index is 991. The first kappa shape index (κ1) is 25.6. The van der Waals surface area contributed by atoms with Gasteiger partial charge < -0.3 is 10.1 Å². The number of nitrogens with zero attached hydrogens (tertiary/aromatic N) is 3. The third-order valence-electron chi connectivity index (χ3n) is 4.50. The van der Waals surface area contributed by atoms with Gasteiger partial charge in [0.25, 0.3) is 0 Å². The Kier molecular flexibility index (Phi) is 10.6. The number of ether oxygens (including phenoxy) is 1. The number of guanidine groups is 1. The van der Waals surface area contributed by atoms with Crippen LogP contribution in [0.2, 0.25) is 0 Å². The Hall–Kier alpha value is -3.66. The number of hydrogen-bond acceptors (Lipinski definition) is 5. The Morgan fingerprint density at radius 3 is 2.67 bits per heavy atom. The monoisotopic (exact) mass is 447 g/mol. The van der Waals surface area contributed by atoms with Crippen molar-refractivity contribution in [1.29, 1.82) is 5.26 Å². The van der Waals surface area contributed by atoms with Gasteiger partial charge in [-0.25, -0.2) is 0 Å². The highest BCUT2D eigenvalue weighted by Crippen LogP contribution is 2.26. The summed E-state index contributed by atoms with van der Waals surface area (Å²) in [6, 6.07) is 11.8. The van der Waals surface area contributed by atoms with Gasteiger partial charge in [-0.05, 0) is 61.9 Å². The predicted octanol–water partition coefficient (Wildman–Crippen LogP) is 5.13. The van der Waals surface area contributed by atoms with Gasteiger partial charge in [0.15, 0.2) is 6.19 Å². The lowest BCUT2D eigenvalue weighted by molar-refractivity contribution is -0.147. The SMILES string of the molecule is CC(C)CN=C(NC#N)Nc1cccc(/C(=C\CCCC(=O)OC(C)C)c2cccnc2)c1. The van der Waals surface area contributed by atoms with Gasteiger partial charge in [0.1, 0.15) is 0 Å². The normalized spacial score (nSPS) is 11.9. The van der Waals surface area contributed by atoms with Crippen LogP contribution >= 0.6 is 0 Å². The van der Waals surface area contributed by atoms with Crippen molar-refractivity contribution in [3.8, 4) is 6.19 Å². The van der Waals surface area contributed by atoms with Crippen molar-refractivity contribution in [3.05, 3.63) is 66.0 Å². The Morgan fingerprint density at radius 1 is 1.21 bits per heavy atom. The van der Waals surface area contributed by atoms with Gasteiger partial charge >= 0.3 is 5.97 Å². The molecule has 0 fully saturated rings. The summed E-state index contributed by atoms with van der Waals surface area (Å²) in [5.74, 6) is 0.621. The van der Waals surface area contributed by atoms with Crippen molar-refractivity contribution in [2.45, 2.75) is 53.1 Å². The third-order valence-corrected chi connectivity index (χ3v) is 4.50. The van der Waals surface area contributed by atoms with Gasteiger partial charge in [-0.2, -0.15) is 5.26 Å². The number of rotatable bonds is 10. The van der Waals surface area contributed by atoms with Crippen LogP contribution in [0.5, 0.6) is 0 Å². The van der Waals surface area contributed by atoms with Gasteiger partial charge in [0.05, 0.1) is 6.10 Å². The molecule has 7 nitrogen and oxygen atoms in total. The summed E-state index contributed by atoms with van der Waals surface area (Å²) >= 11 is 0. The van der Waals surface area contributed by atoms with Crippen LogP contribution in [-0.2, 0) is 9.53 Å². The number of carbonyl (C=O) groups excluding carboxylic acids is 1. The van der Waals surface area contributed by atoms with Crippen molar-refractivity contribution in [2.24, 2.45) is 10.9 Å². The first-order valence-electron chi connectivity index (χ1n) is 11.3. The average Bonchev–Trinajstić information content (AvgIpc) is 2.78. The van der Waals surface area contributed by atoms with Crippen molar-refractivity contribution in [1.82, 2.24) is 10.3 Å². The fourth-order valence-corrected chi connectivity index (χ4v) is 3.08. The van der Waals surface area contributed by atoms with Gasteiger partial charge in [-0.15, -0.1) is 0 Å². The fourth-order valence-electron chi connectivity index (χ4n) is 3.08. The van der Waals surface area contributed by atoms with Gasteiger partial charge in [0.2, 0.25) is 5.96 Å². The molecule has 33 heavy (non-hydrogen) atoms. The summed E-state index contributed by atoms with van der Waals surface area (Å²) in [6.07, 6.45) is 9.33. The van der Waals surface area contributed by atoms with Crippen LogP contribution in [0, 0.1) is 17.4 Å². The highest BCUT2D eigenvalue weighted by molar-refractivity contribution is 5.95. The van der Waals surface area contributed by atoms with Crippen LogP contribution in [0.4, 0.5) is 5.69 Å². The van der Waals surface area contributed by atoms with E-state index in [2.05, 4.69) is 40.5 Å². The number of pyridine rings is 1. The van der Waals surface area contributed by atoms with Crippen molar-refractivity contribution in [3.63, 3.8) is 0 Å². The number of esters is 1. The number of anilines is 1. The van der Waals surface area contributed by atoms with Crippen LogP contribution in [0.3, 0.4) is 0 Å². The van der Waals surface area contributed by atoms with E-state index in [1.165, 1.54) is 0 Å². The molecule has 0 bridgehead atoms. The lowest BCUT2D eigenvalue weighted by Gasteiger charge is -2.13. The molecule has 0 saturated heterocycles. The first-order valence-corrected chi connectivity index (χ1v) is 11.3. The van der Waals surface area contributed by atoms with Gasteiger partial charge in [-0.3, -0.25) is 20.1 Å². The zero-order chi connectivity index (χ0) is 24.1. The van der Waals surface area contributed by atoms with Crippen LogP contribution in [-0.4, -0.2) is 29.6 Å². The zero-order valence-corrected chi connectivity index (χ0v) is 19.8. The summed E-state index contributed by atoms with van der Waals surface area (Å²) in [6.45, 7) is 8.45. The van der Waals surface area contributed by atoms with Crippen LogP contribution in [0.15, 0.2) is 59.9 Å². The molecule has 7 heteroatoms. The van der Waals surface area contributed by atoms with E-state index in [1.807, 2.05) is 62.6 Å². The second kappa shape index (κ2) is 13.7. The molecule has 1 aromatic carbocycles. The van der Waals surface area contributed by atoms with E-state index in [0.717, 1.165) is 28.8 Å². The van der Waals surface area contributed by atoms with Crippen molar-refractivity contribution >= 4 is 23.2 Å². The Labute approximate surface area is 196 Å². The number of carbonyl (C=O) groups is 1. The molecule has 2 rings (SSSR count).